The van der Waals surface area contributed by atoms with Crippen LogP contribution < -0.4 is 11.1 Å². The van der Waals surface area contributed by atoms with Crippen molar-refractivity contribution in [2.45, 2.75) is 12.7 Å². The number of aldehydes is 1. The maximum absolute atomic E-state index is 13.1. The van der Waals surface area contributed by atoms with Gasteiger partial charge in [-0.15, -0.1) is 0 Å². The summed E-state index contributed by atoms with van der Waals surface area (Å²) in [6, 6.07) is 13.8. The number of pyridine rings is 1. The van der Waals surface area contributed by atoms with Gasteiger partial charge >= 0.3 is 6.18 Å². The Morgan fingerprint density at radius 3 is 2.37 bits per heavy atom. The summed E-state index contributed by atoms with van der Waals surface area (Å²) in [5, 5.41) is 8.62. The molecule has 8 nitrogen and oxygen atoms in total. The summed E-state index contributed by atoms with van der Waals surface area (Å²) in [4.78, 5) is 19.1. The minimum absolute atomic E-state index is 0.348. The molecule has 2 aromatic heterocycles. The molecule has 0 saturated carbocycles. The van der Waals surface area contributed by atoms with E-state index in [9.17, 15) is 18.0 Å². The van der Waals surface area contributed by atoms with Gasteiger partial charge in [0.2, 0.25) is 0 Å². The zero-order valence-corrected chi connectivity index (χ0v) is 23.2. The molecule has 0 aliphatic carbocycles. The average molecular weight is 564 g/mol. The van der Waals surface area contributed by atoms with E-state index in [0.717, 1.165) is 42.5 Å². The van der Waals surface area contributed by atoms with Crippen molar-refractivity contribution < 1.29 is 18.0 Å². The van der Waals surface area contributed by atoms with Gasteiger partial charge in [-0.05, 0) is 30.7 Å². The first kappa shape index (κ1) is 29.6. The molecular weight excluding hydrogens is 531 g/mol. The van der Waals surface area contributed by atoms with E-state index in [1.165, 1.54) is 6.07 Å². The molecule has 3 N–H and O–H groups in total. The molecule has 0 spiro atoms. The minimum Gasteiger partial charge on any atom is -0.388 e. The van der Waals surface area contributed by atoms with Gasteiger partial charge in [0.1, 0.15) is 17.2 Å². The van der Waals surface area contributed by atoms with Crippen molar-refractivity contribution in [2.24, 2.45) is 7.05 Å². The Balaban J connectivity index is 0.000000189. The first-order valence-electron chi connectivity index (χ1n) is 13.0. The highest BCUT2D eigenvalue weighted by Crippen LogP contribution is 2.34. The van der Waals surface area contributed by atoms with Gasteiger partial charge in [-0.1, -0.05) is 36.3 Å². The van der Waals surface area contributed by atoms with Crippen molar-refractivity contribution >= 4 is 28.6 Å². The third-order valence-electron chi connectivity index (χ3n) is 6.86. The Hall–Kier alpha value is -4.40. The lowest BCUT2D eigenvalue weighted by Gasteiger charge is -2.33. The van der Waals surface area contributed by atoms with Gasteiger partial charge in [0.25, 0.3) is 0 Å². The number of aryl methyl sites for hydroxylation is 1. The maximum Gasteiger partial charge on any atom is 0.416 e. The van der Waals surface area contributed by atoms with Crippen LogP contribution in [0.4, 0.5) is 24.7 Å². The molecule has 0 radical (unpaired) electrons. The Kier molecular flexibility index (Phi) is 9.27. The maximum atomic E-state index is 13.1. The molecule has 1 aliphatic heterocycles. The molecule has 5 rings (SSSR count). The minimum atomic E-state index is -4.31. The van der Waals surface area contributed by atoms with E-state index in [0.29, 0.717) is 41.3 Å². The number of carbonyl (C=O) groups is 1. The highest BCUT2D eigenvalue weighted by atomic mass is 19.4. The molecule has 1 saturated heterocycles. The third-order valence-corrected chi connectivity index (χ3v) is 6.86. The number of benzene rings is 2. The van der Waals surface area contributed by atoms with Crippen LogP contribution in [-0.2, 0) is 19.8 Å². The fraction of sp³-hybridized carbons (Fsp3) is 0.300. The van der Waals surface area contributed by atoms with Gasteiger partial charge in [-0.25, -0.2) is 4.98 Å². The van der Waals surface area contributed by atoms with E-state index >= 15 is 0 Å². The van der Waals surface area contributed by atoms with Crippen molar-refractivity contribution in [3.05, 3.63) is 82.8 Å². The highest BCUT2D eigenvalue weighted by Gasteiger charge is 2.34. The van der Waals surface area contributed by atoms with Crippen LogP contribution in [0.1, 0.15) is 32.9 Å². The number of fused-ring (bicyclic) bond motifs is 1. The number of nitrogen functional groups attached to an aromatic ring is 1. The number of nitrogens with zero attached hydrogens (tertiary/aromatic N) is 5. The van der Waals surface area contributed by atoms with Crippen molar-refractivity contribution in [2.75, 3.05) is 51.3 Å². The topological polar surface area (TPSA) is 92.3 Å². The van der Waals surface area contributed by atoms with Crippen LogP contribution in [0.15, 0.2) is 54.7 Å². The molecule has 41 heavy (non-hydrogen) atoms. The summed E-state index contributed by atoms with van der Waals surface area (Å²) >= 11 is 0. The fourth-order valence-corrected chi connectivity index (χ4v) is 4.49. The number of nitrogens with two attached hydrogens (primary N) is 1. The summed E-state index contributed by atoms with van der Waals surface area (Å²) in [6.07, 6.45) is -1.96. The first-order valence-corrected chi connectivity index (χ1v) is 13.0. The highest BCUT2D eigenvalue weighted by molar-refractivity contribution is 5.94. The van der Waals surface area contributed by atoms with Crippen LogP contribution in [-0.4, -0.2) is 71.1 Å². The quantitative estimate of drug-likeness (QED) is 0.283. The van der Waals surface area contributed by atoms with Gasteiger partial charge < -0.3 is 16.0 Å². The van der Waals surface area contributed by atoms with E-state index < -0.39 is 11.7 Å². The normalized spacial score (nSPS) is 14.1. The summed E-state index contributed by atoms with van der Waals surface area (Å²) in [6.45, 7) is 3.77. The fourth-order valence-electron chi connectivity index (χ4n) is 4.49. The largest absolute Gasteiger partial charge is 0.416 e. The van der Waals surface area contributed by atoms with Crippen molar-refractivity contribution in [1.82, 2.24) is 24.6 Å². The van der Waals surface area contributed by atoms with Crippen molar-refractivity contribution in [3.8, 4) is 11.8 Å². The van der Waals surface area contributed by atoms with Gasteiger partial charge in [-0.3, -0.25) is 14.4 Å². The zero-order valence-electron chi connectivity index (χ0n) is 23.2. The molecular formula is C30H32F3N7O. The zero-order chi connectivity index (χ0) is 29.6. The Labute approximate surface area is 237 Å². The molecule has 0 unspecified atom stereocenters. The van der Waals surface area contributed by atoms with Crippen LogP contribution in [0.25, 0.3) is 10.8 Å². The standard InChI is InChI=1S/C16H12N4O.C14H20F3N3/c1-20-13(8-12(10-21)19-20)7-6-11-9-18-16(17)15-5-3-2-4-14(11)15;1-18-12-4-3-11(13(9-12)14(15,16)17)10-20-7-5-19(2)6-8-20/h2-5,8-10H,1H3,(H2,17,18);3-4,9,18H,5-8,10H2,1-2H3. The SMILES string of the molecule is CNc1ccc(CN2CCN(C)CC2)c(C(F)(F)F)c1.Cn1nc(C=O)cc1C#Cc1cnc(N)c2ccccc12. The number of nitrogens with one attached hydrogen (secondary N) is 1. The average Bonchev–Trinajstić information content (AvgIpc) is 3.33. The summed E-state index contributed by atoms with van der Waals surface area (Å²) in [7, 11) is 5.40. The molecule has 3 heterocycles. The second kappa shape index (κ2) is 12.8. The van der Waals surface area contributed by atoms with Crippen molar-refractivity contribution in [3.63, 3.8) is 0 Å². The van der Waals surface area contributed by atoms with Gasteiger partial charge in [0.05, 0.1) is 11.1 Å². The van der Waals surface area contributed by atoms with Gasteiger partial charge in [-0.2, -0.15) is 18.3 Å². The van der Waals surface area contributed by atoms with E-state index in [1.54, 1.807) is 43.2 Å². The molecule has 0 bridgehead atoms. The molecule has 0 atom stereocenters. The van der Waals surface area contributed by atoms with Crippen LogP contribution in [0, 0.1) is 11.8 Å². The molecule has 2 aromatic carbocycles. The molecule has 11 heteroatoms. The number of aromatic nitrogens is 3. The van der Waals surface area contributed by atoms with Crippen LogP contribution in [0.3, 0.4) is 0 Å². The summed E-state index contributed by atoms with van der Waals surface area (Å²) < 4.78 is 41.0. The lowest BCUT2D eigenvalue weighted by atomic mass is 10.0. The predicted molar refractivity (Wildman–Crippen MR) is 154 cm³/mol. The van der Waals surface area contributed by atoms with Crippen molar-refractivity contribution in [1.29, 1.82) is 0 Å². The number of rotatable bonds is 4. The second-order valence-corrected chi connectivity index (χ2v) is 9.75. The number of alkyl halides is 3. The van der Waals surface area contributed by atoms with E-state index in [-0.39, 0.29) is 0 Å². The summed E-state index contributed by atoms with van der Waals surface area (Å²) in [5.41, 5.74) is 7.97. The molecule has 1 fully saturated rings. The molecule has 214 valence electrons. The molecule has 1 aliphatic rings. The predicted octanol–water partition coefficient (Wildman–Crippen LogP) is 4.26. The number of likely N-dealkylation sites (N-methyl/N-ethyl adjacent to an activating group) is 1. The number of carbonyl (C=O) groups excluding carboxylic acids is 1. The van der Waals surface area contributed by atoms with Crippen LogP contribution in [0.2, 0.25) is 0 Å². The van der Waals surface area contributed by atoms with E-state index in [4.69, 9.17) is 5.73 Å². The Morgan fingerprint density at radius 1 is 1.02 bits per heavy atom. The number of piperazine rings is 1. The molecule has 0 amide bonds. The van der Waals surface area contributed by atoms with E-state index in [1.807, 2.05) is 31.3 Å². The van der Waals surface area contributed by atoms with E-state index in [2.05, 4.69) is 37.0 Å². The lowest BCUT2D eigenvalue weighted by molar-refractivity contribution is -0.138. The van der Waals surface area contributed by atoms with Crippen LogP contribution >= 0.6 is 0 Å². The Bertz CT molecular complexity index is 1580. The number of hydrogen-bond acceptors (Lipinski definition) is 7. The smallest absolute Gasteiger partial charge is 0.388 e. The van der Waals surface area contributed by atoms with Gasteiger partial charge in [0.15, 0.2) is 6.29 Å². The second-order valence-electron chi connectivity index (χ2n) is 9.75. The number of hydrogen-bond donors (Lipinski definition) is 2. The van der Waals surface area contributed by atoms with Crippen LogP contribution in [0.5, 0.6) is 0 Å². The monoisotopic (exact) mass is 563 g/mol. The number of anilines is 2. The molecule has 4 aromatic rings. The lowest BCUT2D eigenvalue weighted by Crippen LogP contribution is -2.44. The summed E-state index contributed by atoms with van der Waals surface area (Å²) in [5.74, 6) is 6.56. The van der Waals surface area contributed by atoms with Gasteiger partial charge in [0, 0.05) is 75.5 Å². The first-order chi connectivity index (χ1) is 19.6. The number of halogens is 3. The Morgan fingerprint density at radius 2 is 1.73 bits per heavy atom. The third kappa shape index (κ3) is 7.42.